The van der Waals surface area contributed by atoms with Crippen molar-refractivity contribution >= 4 is 35.0 Å². The molecule has 4 amide bonds. The maximum absolute atomic E-state index is 13.6. The molecule has 58 heavy (non-hydrogen) atoms. The SMILES string of the molecule is COc1ccc(N2C(=O)[C@@H]3C4c5ccccc5C(c5ccccc54)[C@@H]3C2=O)cc1.COc1ccc(N2C(=O)[C@@H]3C4c5ccccc5C(c5ccccc54)[C@@H]3C2=O)cc1. The molecule has 8 aliphatic rings. The number of hydrogen-bond acceptors (Lipinski definition) is 6. The predicted octanol–water partition coefficient (Wildman–Crippen LogP) is 8.18. The average molecular weight is 763 g/mol. The fourth-order valence-electron chi connectivity index (χ4n) is 11.3. The lowest BCUT2D eigenvalue weighted by molar-refractivity contribution is -0.124. The zero-order valence-corrected chi connectivity index (χ0v) is 31.8. The number of methoxy groups -OCH3 is 2. The molecule has 4 atom stereocenters. The molecule has 0 saturated carbocycles. The predicted molar refractivity (Wildman–Crippen MR) is 218 cm³/mol. The van der Waals surface area contributed by atoms with E-state index >= 15 is 0 Å². The van der Waals surface area contributed by atoms with Crippen LogP contribution in [0.4, 0.5) is 11.4 Å². The molecule has 4 bridgehead atoms. The van der Waals surface area contributed by atoms with E-state index in [-0.39, 0.29) is 71.0 Å². The topological polar surface area (TPSA) is 93.2 Å². The molecule has 2 fully saturated rings. The molecule has 8 nitrogen and oxygen atoms in total. The number of benzene rings is 6. The Morgan fingerprint density at radius 2 is 0.534 bits per heavy atom. The molecule has 2 saturated heterocycles. The first-order valence-corrected chi connectivity index (χ1v) is 19.8. The summed E-state index contributed by atoms with van der Waals surface area (Å²) in [6, 6.07) is 47.5. The lowest BCUT2D eigenvalue weighted by Crippen LogP contribution is -2.41. The summed E-state index contributed by atoms with van der Waals surface area (Å²) in [5.74, 6) is -0.655. The smallest absolute Gasteiger partial charge is 0.238 e. The summed E-state index contributed by atoms with van der Waals surface area (Å²) in [6.07, 6.45) is 0. The van der Waals surface area contributed by atoms with Gasteiger partial charge in [0.1, 0.15) is 11.5 Å². The van der Waals surface area contributed by atoms with Crippen LogP contribution in [0.1, 0.15) is 68.2 Å². The van der Waals surface area contributed by atoms with E-state index in [0.29, 0.717) is 22.9 Å². The second-order valence-corrected chi connectivity index (χ2v) is 15.9. The average Bonchev–Trinajstić information content (AvgIpc) is 3.71. The van der Waals surface area contributed by atoms with E-state index in [0.717, 1.165) is 0 Å². The van der Waals surface area contributed by atoms with Crippen LogP contribution in [-0.2, 0) is 19.2 Å². The molecule has 0 N–H and O–H groups in total. The van der Waals surface area contributed by atoms with Gasteiger partial charge >= 0.3 is 0 Å². The third kappa shape index (κ3) is 4.63. The van der Waals surface area contributed by atoms with Crippen LogP contribution in [0, 0.1) is 23.7 Å². The first-order valence-electron chi connectivity index (χ1n) is 19.8. The Morgan fingerprint density at radius 3 is 0.724 bits per heavy atom. The Hall–Kier alpha value is -6.80. The zero-order valence-electron chi connectivity index (χ0n) is 31.8. The van der Waals surface area contributed by atoms with Gasteiger partial charge in [-0.1, -0.05) is 97.1 Å². The van der Waals surface area contributed by atoms with E-state index in [9.17, 15) is 19.2 Å². The molecule has 0 radical (unpaired) electrons. The third-order valence-electron chi connectivity index (χ3n) is 13.6. The maximum atomic E-state index is 13.6. The summed E-state index contributed by atoms with van der Waals surface area (Å²) in [7, 11) is 3.20. The largest absolute Gasteiger partial charge is 0.497 e. The minimum atomic E-state index is -0.348. The highest BCUT2D eigenvalue weighted by atomic mass is 16.5. The van der Waals surface area contributed by atoms with Gasteiger partial charge in [0, 0.05) is 23.7 Å². The minimum Gasteiger partial charge on any atom is -0.497 e. The van der Waals surface area contributed by atoms with Crippen LogP contribution in [0.3, 0.4) is 0 Å². The highest BCUT2D eigenvalue weighted by Crippen LogP contribution is 2.63. The van der Waals surface area contributed by atoms with Crippen molar-refractivity contribution in [3.05, 3.63) is 190 Å². The summed E-state index contributed by atoms with van der Waals surface area (Å²) in [4.78, 5) is 57.1. The maximum Gasteiger partial charge on any atom is 0.238 e. The highest BCUT2D eigenvalue weighted by Gasteiger charge is 2.63. The van der Waals surface area contributed by atoms with Crippen LogP contribution in [0.25, 0.3) is 0 Å². The number of nitrogens with zero attached hydrogens (tertiary/aromatic N) is 2. The molecular formula is C50H38N2O6. The van der Waals surface area contributed by atoms with E-state index in [1.807, 2.05) is 48.5 Å². The van der Waals surface area contributed by atoms with Crippen LogP contribution < -0.4 is 19.3 Å². The molecule has 284 valence electrons. The number of anilines is 2. The summed E-state index contributed by atoms with van der Waals surface area (Å²) < 4.78 is 10.4. The molecule has 2 heterocycles. The lowest BCUT2D eigenvalue weighted by atomic mass is 9.55. The van der Waals surface area contributed by atoms with Gasteiger partial charge < -0.3 is 9.47 Å². The second kappa shape index (κ2) is 12.9. The number of hydrogen-bond donors (Lipinski definition) is 0. The van der Waals surface area contributed by atoms with E-state index in [1.165, 1.54) is 54.3 Å². The lowest BCUT2D eigenvalue weighted by Gasteiger charge is -2.45. The number of amides is 4. The molecule has 0 aromatic heterocycles. The van der Waals surface area contributed by atoms with Crippen molar-refractivity contribution in [2.45, 2.75) is 23.7 Å². The summed E-state index contributed by atoms with van der Waals surface area (Å²) in [5, 5.41) is 0. The summed E-state index contributed by atoms with van der Waals surface area (Å²) >= 11 is 0. The van der Waals surface area contributed by atoms with Crippen LogP contribution in [0.15, 0.2) is 146 Å². The van der Waals surface area contributed by atoms with Gasteiger partial charge in [-0.25, -0.2) is 9.80 Å². The summed E-state index contributed by atoms with van der Waals surface area (Å²) in [6.45, 7) is 0. The van der Waals surface area contributed by atoms with Gasteiger partial charge in [0.2, 0.25) is 23.6 Å². The van der Waals surface area contributed by atoms with Gasteiger partial charge in [0.05, 0.1) is 49.3 Å². The van der Waals surface area contributed by atoms with Crippen molar-refractivity contribution in [2.75, 3.05) is 24.0 Å². The standard InChI is InChI=1S/2C25H19NO3/c2*1-29-15-12-10-14(11-13-15)26-24(27)22-20-16-6-2-3-7-17(16)21(23(22)25(26)28)19-9-5-4-8-18(19)20/h2*2-13,20-23H,1H3/t2*20?,21?,22-,23+. The molecule has 8 heteroatoms. The monoisotopic (exact) mass is 762 g/mol. The van der Waals surface area contributed by atoms with Gasteiger partial charge in [0.25, 0.3) is 0 Å². The molecule has 14 rings (SSSR count). The molecule has 0 unspecified atom stereocenters. The van der Waals surface area contributed by atoms with Crippen LogP contribution in [0.2, 0.25) is 0 Å². The van der Waals surface area contributed by atoms with E-state index in [4.69, 9.17) is 9.47 Å². The van der Waals surface area contributed by atoms with Crippen LogP contribution in [0.5, 0.6) is 11.5 Å². The van der Waals surface area contributed by atoms with E-state index < -0.39 is 0 Å². The Labute approximate surface area is 335 Å². The third-order valence-corrected chi connectivity index (χ3v) is 13.6. The molecule has 6 aromatic carbocycles. The van der Waals surface area contributed by atoms with Gasteiger partial charge in [0.15, 0.2) is 0 Å². The first kappa shape index (κ1) is 34.4. The molecule has 6 aromatic rings. The van der Waals surface area contributed by atoms with Crippen molar-refractivity contribution < 1.29 is 28.7 Å². The van der Waals surface area contributed by atoms with Crippen molar-refractivity contribution in [1.29, 1.82) is 0 Å². The molecule has 0 spiro atoms. The van der Waals surface area contributed by atoms with Gasteiger partial charge in [-0.3, -0.25) is 19.2 Å². The number of imide groups is 2. The number of rotatable bonds is 4. The summed E-state index contributed by atoms with van der Waals surface area (Å²) in [5.41, 5.74) is 10.7. The van der Waals surface area contributed by atoms with Gasteiger partial charge in [-0.05, 0) is 93.0 Å². The Bertz CT molecular complexity index is 2290. The number of carbonyl (C=O) groups is 4. The molecule has 2 aliphatic heterocycles. The second-order valence-electron chi connectivity index (χ2n) is 15.9. The Balaban J connectivity index is 0.000000133. The fraction of sp³-hybridized carbons (Fsp3) is 0.200. The van der Waals surface area contributed by atoms with E-state index in [1.54, 1.807) is 62.8 Å². The van der Waals surface area contributed by atoms with Crippen molar-refractivity contribution in [2.24, 2.45) is 23.7 Å². The van der Waals surface area contributed by atoms with Crippen LogP contribution >= 0.6 is 0 Å². The van der Waals surface area contributed by atoms with Crippen LogP contribution in [-0.4, -0.2) is 37.8 Å². The first-order chi connectivity index (χ1) is 28.4. The molecule has 6 aliphatic carbocycles. The van der Waals surface area contributed by atoms with Gasteiger partial charge in [-0.2, -0.15) is 0 Å². The van der Waals surface area contributed by atoms with Gasteiger partial charge in [-0.15, -0.1) is 0 Å². The molecular weight excluding hydrogens is 725 g/mol. The quantitative estimate of drug-likeness (QED) is 0.168. The zero-order chi connectivity index (χ0) is 39.4. The highest BCUT2D eigenvalue weighted by molar-refractivity contribution is 6.24. The van der Waals surface area contributed by atoms with Crippen molar-refractivity contribution in [3.8, 4) is 11.5 Å². The van der Waals surface area contributed by atoms with Crippen molar-refractivity contribution in [3.63, 3.8) is 0 Å². The fourth-order valence-corrected chi connectivity index (χ4v) is 11.3. The minimum absolute atomic E-state index is 0.0721. The number of ether oxygens (including phenoxy) is 2. The normalized spacial score (nSPS) is 26.2. The number of carbonyl (C=O) groups excluding carboxylic acids is 4. The van der Waals surface area contributed by atoms with Crippen molar-refractivity contribution in [1.82, 2.24) is 0 Å². The van der Waals surface area contributed by atoms with E-state index in [2.05, 4.69) is 48.5 Å². The Morgan fingerprint density at radius 1 is 0.328 bits per heavy atom. The Kier molecular flexibility index (Phi) is 7.64.